The molecular formula is C35H46N8O7. The summed E-state index contributed by atoms with van der Waals surface area (Å²) in [5.41, 5.74) is 1.70. The number of nitrogens with one attached hydrogen (secondary N) is 4. The lowest BCUT2D eigenvalue weighted by Gasteiger charge is -2.30. The smallest absolute Gasteiger partial charge is 0.252 e. The number of aliphatic hydroxyl groups excluding tert-OH is 1. The van der Waals surface area contributed by atoms with Gasteiger partial charge in [0.15, 0.2) is 11.5 Å². The molecule has 1 aromatic heterocycles. The lowest BCUT2D eigenvalue weighted by molar-refractivity contribution is -0.136. The Kier molecular flexibility index (Phi) is 12.8. The van der Waals surface area contributed by atoms with Crippen LogP contribution in [0.1, 0.15) is 41.4 Å². The van der Waals surface area contributed by atoms with Gasteiger partial charge < -0.3 is 40.7 Å². The molecule has 1 saturated heterocycles. The molecule has 2 aromatic carbocycles. The average Bonchev–Trinajstić information content (AvgIpc) is 3.59. The number of benzene rings is 2. The molecule has 268 valence electrons. The van der Waals surface area contributed by atoms with Gasteiger partial charge in [0.05, 0.1) is 31.4 Å². The number of amides is 4. The van der Waals surface area contributed by atoms with Crippen LogP contribution in [0.3, 0.4) is 0 Å². The van der Waals surface area contributed by atoms with Crippen LogP contribution in [0.5, 0.6) is 11.5 Å². The third-order valence-corrected chi connectivity index (χ3v) is 8.83. The van der Waals surface area contributed by atoms with Crippen molar-refractivity contribution >= 4 is 23.6 Å². The fourth-order valence-electron chi connectivity index (χ4n) is 6.03. The maximum Gasteiger partial charge on any atom is 0.252 e. The van der Waals surface area contributed by atoms with Crippen LogP contribution in [-0.4, -0.2) is 113 Å². The van der Waals surface area contributed by atoms with Gasteiger partial charge in [-0.25, -0.2) is 4.68 Å². The van der Waals surface area contributed by atoms with Gasteiger partial charge >= 0.3 is 0 Å². The van der Waals surface area contributed by atoms with Crippen LogP contribution < -0.4 is 30.7 Å². The number of fused-ring (bicyclic) bond motifs is 16. The Labute approximate surface area is 291 Å². The number of ether oxygens (including phenoxy) is 2. The molecule has 3 aliphatic heterocycles. The van der Waals surface area contributed by atoms with E-state index in [0.29, 0.717) is 43.2 Å². The molecule has 0 unspecified atom stereocenters. The van der Waals surface area contributed by atoms with E-state index in [1.54, 1.807) is 27.9 Å². The van der Waals surface area contributed by atoms with E-state index in [0.717, 1.165) is 24.9 Å². The summed E-state index contributed by atoms with van der Waals surface area (Å²) < 4.78 is 13.1. The Balaban J connectivity index is 1.40. The van der Waals surface area contributed by atoms with Gasteiger partial charge in [0.2, 0.25) is 17.7 Å². The van der Waals surface area contributed by atoms with Gasteiger partial charge in [-0.3, -0.25) is 19.2 Å². The summed E-state index contributed by atoms with van der Waals surface area (Å²) in [5, 5.41) is 30.5. The molecule has 4 heterocycles. The normalized spacial score (nSPS) is 22.0. The van der Waals surface area contributed by atoms with E-state index in [4.69, 9.17) is 9.47 Å². The van der Waals surface area contributed by atoms with Crippen molar-refractivity contribution < 1.29 is 33.8 Å². The first-order valence-electron chi connectivity index (χ1n) is 17.0. The van der Waals surface area contributed by atoms with E-state index in [1.165, 1.54) is 20.1 Å². The van der Waals surface area contributed by atoms with E-state index in [1.807, 2.05) is 30.3 Å². The zero-order valence-corrected chi connectivity index (χ0v) is 28.5. The summed E-state index contributed by atoms with van der Waals surface area (Å²) in [5.74, 6) is -1.27. The van der Waals surface area contributed by atoms with E-state index in [9.17, 15) is 24.3 Å². The molecule has 4 bridgehead atoms. The lowest BCUT2D eigenvalue weighted by atomic mass is 9.98. The van der Waals surface area contributed by atoms with Gasteiger partial charge in [0.1, 0.15) is 18.7 Å². The number of carbonyl (C=O) groups is 4. The minimum Gasteiger partial charge on any atom is -0.493 e. The van der Waals surface area contributed by atoms with Gasteiger partial charge in [-0.1, -0.05) is 35.5 Å². The van der Waals surface area contributed by atoms with E-state index in [-0.39, 0.29) is 43.5 Å². The van der Waals surface area contributed by atoms with Crippen LogP contribution in [-0.2, 0) is 33.8 Å². The third-order valence-electron chi connectivity index (χ3n) is 8.83. The molecule has 0 saturated carbocycles. The number of hydrogen-bond acceptors (Lipinski definition) is 10. The van der Waals surface area contributed by atoms with Crippen molar-refractivity contribution in [1.29, 1.82) is 0 Å². The summed E-state index contributed by atoms with van der Waals surface area (Å²) in [7, 11) is 1.46. The van der Waals surface area contributed by atoms with Crippen molar-refractivity contribution in [3.05, 3.63) is 71.5 Å². The number of hydrogen-bond donors (Lipinski definition) is 5. The monoisotopic (exact) mass is 690 g/mol. The van der Waals surface area contributed by atoms with Crippen LogP contribution >= 0.6 is 0 Å². The average molecular weight is 691 g/mol. The zero-order valence-electron chi connectivity index (χ0n) is 28.5. The maximum atomic E-state index is 13.7. The summed E-state index contributed by atoms with van der Waals surface area (Å²) in [6.45, 7) is 4.16. The highest BCUT2D eigenvalue weighted by molar-refractivity contribution is 5.99. The Morgan fingerprint density at radius 2 is 1.88 bits per heavy atom. The number of aliphatic hydroxyl groups is 1. The standard InChI is InChI=1S/C35H46N8O7/c1-23(44)31-34(47)37-14-16-42(35(48)26-9-6-13-36-21-26)15-12-27-22-43(41-40-27)17-18-50-29-11-10-25(20-30(29)49-2)32(45)38-28(33(46)39-31)19-24-7-4-3-5-8-24/h3-5,7-8,10-11,20,22-23,26,28,31,36,44H,6,9,12-19,21H2,1-2H3,(H,37,47)(H,38,45)(H,39,46)/t23-,26-,28-,31+/m1/s1. The fourth-order valence-corrected chi connectivity index (χ4v) is 6.03. The second kappa shape index (κ2) is 17.6. The van der Waals surface area contributed by atoms with Gasteiger partial charge in [0, 0.05) is 50.8 Å². The Bertz CT molecular complexity index is 1610. The minimum absolute atomic E-state index is 0.0162. The summed E-state index contributed by atoms with van der Waals surface area (Å²) >= 11 is 0. The van der Waals surface area contributed by atoms with Crippen LogP contribution in [0.25, 0.3) is 0 Å². The van der Waals surface area contributed by atoms with Gasteiger partial charge in [-0.05, 0) is 50.1 Å². The van der Waals surface area contributed by atoms with Gasteiger partial charge in [-0.2, -0.15) is 0 Å². The summed E-state index contributed by atoms with van der Waals surface area (Å²) in [6.07, 6.45) is 2.79. The first kappa shape index (κ1) is 36.3. The van der Waals surface area contributed by atoms with Crippen LogP contribution in [0.4, 0.5) is 0 Å². The fraction of sp³-hybridized carbons (Fsp3) is 0.486. The Hall–Kier alpha value is -5.02. The van der Waals surface area contributed by atoms with Crippen molar-refractivity contribution in [1.82, 2.24) is 41.2 Å². The van der Waals surface area contributed by atoms with Crippen LogP contribution in [0, 0.1) is 5.92 Å². The summed E-state index contributed by atoms with van der Waals surface area (Å²) in [4.78, 5) is 55.9. The number of nitrogens with zero attached hydrogens (tertiary/aromatic N) is 4. The van der Waals surface area contributed by atoms with Crippen molar-refractivity contribution in [2.24, 2.45) is 5.92 Å². The molecule has 3 aromatic rings. The third kappa shape index (κ3) is 9.79. The molecule has 50 heavy (non-hydrogen) atoms. The van der Waals surface area contributed by atoms with E-state index < -0.39 is 35.9 Å². The van der Waals surface area contributed by atoms with Crippen LogP contribution in [0.2, 0.25) is 0 Å². The SMILES string of the molecule is COc1cc2ccc1OCCn1cc(nn1)CCN(C(=O)[C@@H]1CCCNC1)CCNC(=O)[C@H]([C@@H](C)O)NC(=O)[C@@H](Cc1ccccc1)NC2=O. The van der Waals surface area contributed by atoms with Crippen molar-refractivity contribution in [2.75, 3.05) is 46.4 Å². The molecule has 15 heteroatoms. The molecule has 15 nitrogen and oxygen atoms in total. The highest BCUT2D eigenvalue weighted by Gasteiger charge is 2.31. The van der Waals surface area contributed by atoms with Crippen molar-refractivity contribution in [2.45, 2.75) is 57.3 Å². The first-order valence-corrected chi connectivity index (χ1v) is 17.0. The molecule has 6 rings (SSSR count). The minimum atomic E-state index is -1.32. The molecule has 5 N–H and O–H groups in total. The highest BCUT2D eigenvalue weighted by Crippen LogP contribution is 2.28. The number of rotatable bonds is 5. The number of piperidine rings is 1. The largest absolute Gasteiger partial charge is 0.493 e. The first-order chi connectivity index (χ1) is 24.2. The predicted molar refractivity (Wildman–Crippen MR) is 182 cm³/mol. The molecular weight excluding hydrogens is 644 g/mol. The zero-order chi connectivity index (χ0) is 35.5. The maximum absolute atomic E-state index is 13.7. The molecule has 3 aliphatic rings. The van der Waals surface area contributed by atoms with Crippen molar-refractivity contribution in [3.8, 4) is 11.5 Å². The molecule has 0 radical (unpaired) electrons. The van der Waals surface area contributed by atoms with Gasteiger partial charge in [-0.15, -0.1) is 5.10 Å². The molecule has 4 amide bonds. The van der Waals surface area contributed by atoms with Gasteiger partial charge in [0.25, 0.3) is 5.91 Å². The topological polar surface area (TPSA) is 189 Å². The molecule has 4 atom stereocenters. The lowest BCUT2D eigenvalue weighted by Crippen LogP contribution is -2.58. The number of carbonyl (C=O) groups excluding carboxylic acids is 4. The van der Waals surface area contributed by atoms with E-state index >= 15 is 0 Å². The quantitative estimate of drug-likeness (QED) is 0.229. The van der Waals surface area contributed by atoms with E-state index in [2.05, 4.69) is 31.6 Å². The molecule has 0 aliphatic carbocycles. The number of methoxy groups -OCH3 is 1. The van der Waals surface area contributed by atoms with Crippen molar-refractivity contribution in [3.63, 3.8) is 0 Å². The Morgan fingerprint density at radius 1 is 1.06 bits per heavy atom. The Morgan fingerprint density at radius 3 is 2.62 bits per heavy atom. The molecule has 0 spiro atoms. The second-order valence-corrected chi connectivity index (χ2v) is 12.5. The summed E-state index contributed by atoms with van der Waals surface area (Å²) in [6, 6.07) is 11.4. The van der Waals surface area contributed by atoms with Crippen LogP contribution in [0.15, 0.2) is 54.7 Å². The predicted octanol–water partition coefficient (Wildman–Crippen LogP) is 0.0729. The molecule has 1 fully saturated rings. The highest BCUT2D eigenvalue weighted by atomic mass is 16.5. The number of aromatic nitrogens is 3. The second-order valence-electron chi connectivity index (χ2n) is 12.5.